The Bertz CT molecular complexity index is 1150. The van der Waals surface area contributed by atoms with Crippen molar-refractivity contribution in [2.24, 2.45) is 0 Å². The number of carbonyl (C=O) groups excluding carboxylic acids is 1. The zero-order valence-corrected chi connectivity index (χ0v) is 19.3. The highest BCUT2D eigenvalue weighted by atomic mass is 79.9. The van der Waals surface area contributed by atoms with Gasteiger partial charge in [0.1, 0.15) is 6.54 Å². The average Bonchev–Trinajstić information content (AvgIpc) is 2.79. The summed E-state index contributed by atoms with van der Waals surface area (Å²) in [4.78, 5) is 12.7. The summed E-state index contributed by atoms with van der Waals surface area (Å²) in [6.07, 6.45) is 0. The fraction of sp³-hybridized carbons (Fsp3) is 0.136. The number of nitrogens with one attached hydrogen (secondary N) is 1. The molecule has 0 radical (unpaired) electrons. The third kappa shape index (κ3) is 5.36. The molecule has 7 nitrogen and oxygen atoms in total. The smallest absolute Gasteiger partial charge is 0.264 e. The number of anilines is 2. The first-order valence-corrected chi connectivity index (χ1v) is 11.4. The molecule has 3 aromatic carbocycles. The van der Waals surface area contributed by atoms with Crippen molar-refractivity contribution in [1.29, 1.82) is 0 Å². The maximum Gasteiger partial charge on any atom is 0.264 e. The maximum atomic E-state index is 13.5. The molecule has 3 rings (SSSR count). The Kier molecular flexibility index (Phi) is 7.19. The molecule has 0 bridgehead atoms. The van der Waals surface area contributed by atoms with Gasteiger partial charge in [-0.25, -0.2) is 8.42 Å². The molecule has 0 aliphatic rings. The minimum atomic E-state index is -4.08. The Balaban J connectivity index is 1.95. The Morgan fingerprint density at radius 1 is 0.935 bits per heavy atom. The highest BCUT2D eigenvalue weighted by Crippen LogP contribution is 2.32. The number of halogens is 1. The normalized spacial score (nSPS) is 10.9. The summed E-state index contributed by atoms with van der Waals surface area (Å²) in [5.41, 5.74) is 0.924. The zero-order valence-electron chi connectivity index (χ0n) is 16.9. The number of hydrogen-bond acceptors (Lipinski definition) is 5. The molecule has 1 amide bonds. The minimum Gasteiger partial charge on any atom is -0.493 e. The van der Waals surface area contributed by atoms with Gasteiger partial charge in [-0.15, -0.1) is 0 Å². The van der Waals surface area contributed by atoms with Gasteiger partial charge < -0.3 is 14.8 Å². The number of carbonyl (C=O) groups is 1. The average molecular weight is 505 g/mol. The van der Waals surface area contributed by atoms with Crippen LogP contribution in [0, 0.1) is 0 Å². The van der Waals surface area contributed by atoms with Crippen LogP contribution in [0.25, 0.3) is 0 Å². The number of amides is 1. The van der Waals surface area contributed by atoms with Crippen LogP contribution < -0.4 is 19.1 Å². The van der Waals surface area contributed by atoms with E-state index in [0.717, 1.165) is 8.78 Å². The molecule has 0 aromatic heterocycles. The highest BCUT2D eigenvalue weighted by molar-refractivity contribution is 9.10. The predicted molar refractivity (Wildman–Crippen MR) is 123 cm³/mol. The van der Waals surface area contributed by atoms with Crippen molar-refractivity contribution < 1.29 is 22.7 Å². The van der Waals surface area contributed by atoms with Crippen LogP contribution in [0.1, 0.15) is 0 Å². The first-order chi connectivity index (χ1) is 14.8. The predicted octanol–water partition coefficient (Wildman–Crippen LogP) is 4.30. The lowest BCUT2D eigenvalue weighted by Crippen LogP contribution is -2.38. The maximum absolute atomic E-state index is 13.5. The lowest BCUT2D eigenvalue weighted by molar-refractivity contribution is -0.114. The van der Waals surface area contributed by atoms with E-state index < -0.39 is 22.5 Å². The zero-order chi connectivity index (χ0) is 22.4. The summed E-state index contributed by atoms with van der Waals surface area (Å²) in [7, 11) is -1.18. The number of para-hydroxylation sites is 1. The molecule has 0 heterocycles. The Hall–Kier alpha value is -3.04. The molecule has 0 spiro atoms. The van der Waals surface area contributed by atoms with E-state index in [1.807, 2.05) is 0 Å². The van der Waals surface area contributed by atoms with Gasteiger partial charge in [-0.05, 0) is 48.5 Å². The first-order valence-electron chi connectivity index (χ1n) is 9.20. The lowest BCUT2D eigenvalue weighted by atomic mass is 10.3. The van der Waals surface area contributed by atoms with Crippen LogP contribution in [-0.2, 0) is 14.8 Å². The molecule has 162 valence electrons. The van der Waals surface area contributed by atoms with Crippen molar-refractivity contribution >= 4 is 43.2 Å². The van der Waals surface area contributed by atoms with Gasteiger partial charge in [0.05, 0.1) is 24.8 Å². The van der Waals surface area contributed by atoms with E-state index >= 15 is 0 Å². The Morgan fingerprint density at radius 3 is 2.19 bits per heavy atom. The van der Waals surface area contributed by atoms with Crippen LogP contribution in [0.15, 0.2) is 82.2 Å². The van der Waals surface area contributed by atoms with Gasteiger partial charge in [0.15, 0.2) is 11.5 Å². The molecule has 0 atom stereocenters. The number of benzene rings is 3. The van der Waals surface area contributed by atoms with Crippen molar-refractivity contribution in [1.82, 2.24) is 0 Å². The fourth-order valence-electron chi connectivity index (χ4n) is 2.88. The molecule has 0 fully saturated rings. The molecular formula is C22H21BrN2O5S. The third-order valence-electron chi connectivity index (χ3n) is 4.40. The molecule has 1 N–H and O–H groups in total. The van der Waals surface area contributed by atoms with Gasteiger partial charge >= 0.3 is 0 Å². The van der Waals surface area contributed by atoms with Gasteiger partial charge in [0.25, 0.3) is 10.0 Å². The quantitative estimate of drug-likeness (QED) is 0.494. The lowest BCUT2D eigenvalue weighted by Gasteiger charge is -2.24. The molecule has 31 heavy (non-hydrogen) atoms. The van der Waals surface area contributed by atoms with E-state index in [-0.39, 0.29) is 10.6 Å². The standard InChI is InChI=1S/C22H21BrN2O5S/c1-29-20-13-12-19(14-21(20)30-2)31(27,28)25(18-6-4-3-5-7-18)15-22(26)24-17-10-8-16(23)9-11-17/h3-14H,15H2,1-2H3,(H,24,26). The summed E-state index contributed by atoms with van der Waals surface area (Å²) in [6.45, 7) is -0.406. The summed E-state index contributed by atoms with van der Waals surface area (Å²) < 4.78 is 39.3. The molecule has 0 unspecified atom stereocenters. The van der Waals surface area contributed by atoms with Crippen LogP contribution in [-0.4, -0.2) is 35.1 Å². The first kappa shape index (κ1) is 22.6. The minimum absolute atomic E-state index is 0.0227. The molecule has 0 aliphatic carbocycles. The largest absolute Gasteiger partial charge is 0.493 e. The summed E-state index contributed by atoms with van der Waals surface area (Å²) in [5, 5.41) is 2.72. The van der Waals surface area contributed by atoms with E-state index in [1.54, 1.807) is 54.6 Å². The SMILES string of the molecule is COc1ccc(S(=O)(=O)N(CC(=O)Nc2ccc(Br)cc2)c2ccccc2)cc1OC. The molecule has 0 saturated heterocycles. The number of ether oxygens (including phenoxy) is 2. The molecule has 3 aromatic rings. The van der Waals surface area contributed by atoms with Crippen molar-refractivity contribution in [2.45, 2.75) is 4.90 Å². The molecule has 0 aliphatic heterocycles. The second-order valence-electron chi connectivity index (χ2n) is 6.42. The number of sulfonamides is 1. The second-order valence-corrected chi connectivity index (χ2v) is 9.20. The second kappa shape index (κ2) is 9.84. The van der Waals surface area contributed by atoms with Crippen LogP contribution >= 0.6 is 15.9 Å². The van der Waals surface area contributed by atoms with E-state index in [4.69, 9.17) is 9.47 Å². The number of nitrogens with zero attached hydrogens (tertiary/aromatic N) is 1. The van der Waals surface area contributed by atoms with Crippen LogP contribution in [0.5, 0.6) is 11.5 Å². The van der Waals surface area contributed by atoms with Crippen LogP contribution in [0.4, 0.5) is 11.4 Å². The molecule has 0 saturated carbocycles. The van der Waals surface area contributed by atoms with Gasteiger partial charge in [0.2, 0.25) is 5.91 Å². The van der Waals surface area contributed by atoms with Gasteiger partial charge in [-0.3, -0.25) is 9.10 Å². The van der Waals surface area contributed by atoms with Crippen LogP contribution in [0.2, 0.25) is 0 Å². The van der Waals surface area contributed by atoms with Crippen molar-refractivity contribution in [3.05, 3.63) is 77.3 Å². The van der Waals surface area contributed by atoms with Crippen molar-refractivity contribution in [3.8, 4) is 11.5 Å². The van der Waals surface area contributed by atoms with E-state index in [0.29, 0.717) is 17.1 Å². The van der Waals surface area contributed by atoms with Gasteiger partial charge in [0, 0.05) is 16.2 Å². The highest BCUT2D eigenvalue weighted by Gasteiger charge is 2.28. The number of methoxy groups -OCH3 is 2. The Morgan fingerprint density at radius 2 is 1.58 bits per heavy atom. The molecular weight excluding hydrogens is 484 g/mol. The van der Waals surface area contributed by atoms with Crippen LogP contribution in [0.3, 0.4) is 0 Å². The van der Waals surface area contributed by atoms with Crippen molar-refractivity contribution in [2.75, 3.05) is 30.4 Å². The van der Waals surface area contributed by atoms with E-state index in [1.165, 1.54) is 32.4 Å². The monoisotopic (exact) mass is 504 g/mol. The summed E-state index contributed by atoms with van der Waals surface area (Å²) >= 11 is 3.34. The van der Waals surface area contributed by atoms with Crippen molar-refractivity contribution in [3.63, 3.8) is 0 Å². The molecule has 9 heteroatoms. The summed E-state index contributed by atoms with van der Waals surface area (Å²) in [5.74, 6) is 0.201. The van der Waals surface area contributed by atoms with E-state index in [2.05, 4.69) is 21.2 Å². The van der Waals surface area contributed by atoms with Gasteiger partial charge in [-0.2, -0.15) is 0 Å². The van der Waals surface area contributed by atoms with Gasteiger partial charge in [-0.1, -0.05) is 34.1 Å². The third-order valence-corrected chi connectivity index (χ3v) is 6.70. The number of rotatable bonds is 8. The fourth-order valence-corrected chi connectivity index (χ4v) is 4.58. The topological polar surface area (TPSA) is 84.9 Å². The number of hydrogen-bond donors (Lipinski definition) is 1. The summed E-state index contributed by atoms with van der Waals surface area (Å²) in [6, 6.07) is 19.7. The van der Waals surface area contributed by atoms with E-state index in [9.17, 15) is 13.2 Å². The Labute approximate surface area is 189 Å².